The van der Waals surface area contributed by atoms with Crippen LogP contribution in [0.5, 0.6) is 5.75 Å². The van der Waals surface area contributed by atoms with Gasteiger partial charge in [0.2, 0.25) is 5.78 Å². The molecule has 1 aromatic rings. The zero-order valence-electron chi connectivity index (χ0n) is 34.9. The van der Waals surface area contributed by atoms with Gasteiger partial charge in [0.15, 0.2) is 5.78 Å². The Morgan fingerprint density at radius 3 is 1.33 bits per heavy atom. The van der Waals surface area contributed by atoms with Crippen LogP contribution >= 0.6 is 0 Å². The standard InChI is InChI=1S/C48H76N2O4/c1-5-9-13-17-21-25-33-49(34-26-22-18-14-10-6-2)39-29-31-41(43(51)37-39)45-47(53)46(48(45)54)42-32-30-40(38-44(42)52)50(35-27-23-19-15-11-7-3)36-28-24-20-16-12-8-4/h29-32,37-38,51,53H,5-28,33-36H2,1-4H3/b46-42-. The van der Waals surface area contributed by atoms with Gasteiger partial charge in [0.05, 0.1) is 11.1 Å². The van der Waals surface area contributed by atoms with Crippen LogP contribution in [-0.4, -0.2) is 52.9 Å². The Morgan fingerprint density at radius 1 is 0.500 bits per heavy atom. The van der Waals surface area contributed by atoms with E-state index >= 15 is 0 Å². The molecule has 0 aliphatic heterocycles. The fourth-order valence-corrected chi connectivity index (χ4v) is 7.82. The largest absolute Gasteiger partial charge is 0.507 e. The Hall–Kier alpha value is -3.28. The highest BCUT2D eigenvalue weighted by atomic mass is 16.3. The number of ketones is 2. The molecule has 0 aromatic heterocycles. The van der Waals surface area contributed by atoms with Crippen molar-refractivity contribution in [3.8, 4) is 5.75 Å². The number of hydrogen-bond acceptors (Lipinski definition) is 6. The van der Waals surface area contributed by atoms with Gasteiger partial charge in [0.1, 0.15) is 11.5 Å². The lowest BCUT2D eigenvalue weighted by Gasteiger charge is -2.29. The molecule has 0 amide bonds. The molecule has 6 heteroatoms. The van der Waals surface area contributed by atoms with E-state index in [1.807, 2.05) is 12.1 Å². The molecule has 1 aromatic carbocycles. The van der Waals surface area contributed by atoms with Crippen molar-refractivity contribution in [3.05, 3.63) is 64.6 Å². The number of unbranched alkanes of at least 4 members (excludes halogenated alkanes) is 20. The average molecular weight is 745 g/mol. The van der Waals surface area contributed by atoms with Crippen molar-refractivity contribution < 1.29 is 19.8 Å². The van der Waals surface area contributed by atoms with Gasteiger partial charge in [-0.15, -0.1) is 0 Å². The monoisotopic (exact) mass is 745 g/mol. The predicted octanol–water partition coefficient (Wildman–Crippen LogP) is 13.1. The minimum Gasteiger partial charge on any atom is -0.507 e. The summed E-state index contributed by atoms with van der Waals surface area (Å²) in [5.74, 6) is -0.876. The molecule has 0 saturated heterocycles. The van der Waals surface area contributed by atoms with E-state index < -0.39 is 5.78 Å². The molecule has 54 heavy (non-hydrogen) atoms. The normalized spacial score (nSPS) is 15.6. The Labute approximate surface area is 329 Å². The van der Waals surface area contributed by atoms with Crippen molar-refractivity contribution in [1.29, 1.82) is 0 Å². The second kappa shape index (κ2) is 26.5. The van der Waals surface area contributed by atoms with E-state index in [-0.39, 0.29) is 34.0 Å². The van der Waals surface area contributed by atoms with Gasteiger partial charge < -0.3 is 20.0 Å². The highest BCUT2D eigenvalue weighted by Crippen LogP contribution is 2.43. The Bertz CT molecular complexity index is 1370. The zero-order valence-corrected chi connectivity index (χ0v) is 34.9. The van der Waals surface area contributed by atoms with Crippen LogP contribution in [0.1, 0.15) is 187 Å². The first-order chi connectivity index (χ1) is 26.4. The molecule has 2 aliphatic carbocycles. The summed E-state index contributed by atoms with van der Waals surface area (Å²) < 4.78 is 0. The molecule has 0 heterocycles. The molecule has 3 rings (SSSR count). The summed E-state index contributed by atoms with van der Waals surface area (Å²) in [6, 6.07) is 5.46. The number of benzene rings is 1. The van der Waals surface area contributed by atoms with Gasteiger partial charge in [-0.05, 0) is 50.0 Å². The fourth-order valence-electron chi connectivity index (χ4n) is 7.82. The van der Waals surface area contributed by atoms with Crippen LogP contribution < -0.4 is 4.90 Å². The predicted molar refractivity (Wildman–Crippen MR) is 229 cm³/mol. The van der Waals surface area contributed by atoms with Crippen LogP contribution in [0, 0.1) is 0 Å². The minimum absolute atomic E-state index is 0.0185. The van der Waals surface area contributed by atoms with E-state index in [4.69, 9.17) is 0 Å². The molecule has 2 aliphatic rings. The molecule has 0 fully saturated rings. The van der Waals surface area contributed by atoms with Gasteiger partial charge in [-0.2, -0.15) is 0 Å². The van der Waals surface area contributed by atoms with Gasteiger partial charge in [-0.3, -0.25) is 9.59 Å². The van der Waals surface area contributed by atoms with E-state index in [0.29, 0.717) is 5.56 Å². The number of phenolic OH excluding ortho intramolecular Hbond substituents is 1. The maximum Gasteiger partial charge on any atom is 0.202 e. The Balaban J connectivity index is 1.72. The molecule has 0 unspecified atom stereocenters. The van der Waals surface area contributed by atoms with E-state index in [2.05, 4.69) is 37.5 Å². The van der Waals surface area contributed by atoms with Crippen molar-refractivity contribution >= 4 is 22.8 Å². The summed E-state index contributed by atoms with van der Waals surface area (Å²) in [4.78, 5) is 31.8. The molecule has 0 bridgehead atoms. The molecule has 6 nitrogen and oxygen atoms in total. The maximum atomic E-state index is 13.6. The smallest absolute Gasteiger partial charge is 0.202 e. The summed E-state index contributed by atoms with van der Waals surface area (Å²) in [7, 11) is 0. The van der Waals surface area contributed by atoms with Crippen molar-refractivity contribution in [1.82, 2.24) is 4.90 Å². The topological polar surface area (TPSA) is 81.1 Å². The lowest BCUT2D eigenvalue weighted by molar-refractivity contribution is -0.114. The number of aliphatic hydroxyl groups excluding tert-OH is 1. The molecule has 2 N–H and O–H groups in total. The number of aliphatic hydroxyl groups is 1. The number of carbonyl (C=O) groups is 2. The van der Waals surface area contributed by atoms with Crippen LogP contribution in [0.4, 0.5) is 5.69 Å². The van der Waals surface area contributed by atoms with Crippen molar-refractivity contribution in [2.75, 3.05) is 31.1 Å². The van der Waals surface area contributed by atoms with Crippen LogP contribution in [0.25, 0.3) is 5.57 Å². The lowest BCUT2D eigenvalue weighted by Crippen LogP contribution is -2.29. The minimum atomic E-state index is -0.396. The van der Waals surface area contributed by atoms with Crippen LogP contribution in [0.3, 0.4) is 0 Å². The summed E-state index contributed by atoms with van der Waals surface area (Å²) in [5.41, 5.74) is 2.52. The first-order valence-corrected chi connectivity index (χ1v) is 22.4. The lowest BCUT2D eigenvalue weighted by atomic mass is 9.79. The summed E-state index contributed by atoms with van der Waals surface area (Å²) >= 11 is 0. The number of aromatic hydroxyl groups is 1. The van der Waals surface area contributed by atoms with Crippen molar-refractivity contribution in [2.24, 2.45) is 0 Å². The molecule has 0 saturated carbocycles. The van der Waals surface area contributed by atoms with E-state index in [9.17, 15) is 19.8 Å². The Morgan fingerprint density at radius 2 is 0.926 bits per heavy atom. The third kappa shape index (κ3) is 14.8. The third-order valence-corrected chi connectivity index (χ3v) is 11.3. The number of allylic oxidation sites excluding steroid dienone is 6. The quantitative estimate of drug-likeness (QED) is 0.0582. The highest BCUT2D eigenvalue weighted by molar-refractivity contribution is 6.41. The summed E-state index contributed by atoms with van der Waals surface area (Å²) in [6.45, 7) is 12.6. The molecular weight excluding hydrogens is 669 g/mol. The number of rotatable bonds is 31. The van der Waals surface area contributed by atoms with Crippen molar-refractivity contribution in [3.63, 3.8) is 0 Å². The fraction of sp³-hybridized carbons (Fsp3) is 0.667. The first-order valence-electron chi connectivity index (χ1n) is 22.4. The van der Waals surface area contributed by atoms with Crippen molar-refractivity contribution in [2.45, 2.75) is 182 Å². The summed E-state index contributed by atoms with van der Waals surface area (Å²) in [6.07, 6.45) is 34.7. The molecular formula is C48H76N2O4. The van der Waals surface area contributed by atoms with Gasteiger partial charge in [0.25, 0.3) is 0 Å². The Kier molecular flexibility index (Phi) is 22.1. The number of phenols is 1. The molecule has 0 spiro atoms. The highest BCUT2D eigenvalue weighted by Gasteiger charge is 2.39. The van der Waals surface area contributed by atoms with Crippen LogP contribution in [-0.2, 0) is 9.59 Å². The van der Waals surface area contributed by atoms with E-state index in [1.165, 1.54) is 128 Å². The SMILES string of the molecule is CCCCCCCCN(CCCCCCCC)C1=CC(=O)/C(=C2\C(=O)C(c3ccc(N(CCCCCCCC)CCCCCCCC)cc3O)=C2O)C=C1. The van der Waals surface area contributed by atoms with Crippen LogP contribution in [0.2, 0.25) is 0 Å². The first kappa shape index (κ1) is 45.1. The molecule has 0 radical (unpaired) electrons. The van der Waals surface area contributed by atoms with Gasteiger partial charge >= 0.3 is 0 Å². The maximum absolute atomic E-state index is 13.6. The number of Topliss-reactive ketones (excluding diaryl/α,β-unsaturated/α-hetero) is 1. The second-order valence-electron chi connectivity index (χ2n) is 15.9. The number of hydrogen-bond donors (Lipinski definition) is 2. The molecule has 302 valence electrons. The van der Waals surface area contributed by atoms with Gasteiger partial charge in [-0.25, -0.2) is 0 Å². The number of carbonyl (C=O) groups excluding carboxylic acids is 2. The van der Waals surface area contributed by atoms with E-state index in [0.717, 1.165) is 63.2 Å². The average Bonchev–Trinajstić information content (AvgIpc) is 3.17. The second-order valence-corrected chi connectivity index (χ2v) is 15.9. The number of anilines is 1. The third-order valence-electron chi connectivity index (χ3n) is 11.3. The van der Waals surface area contributed by atoms with Crippen LogP contribution in [0.15, 0.2) is 59.0 Å². The van der Waals surface area contributed by atoms with Gasteiger partial charge in [-0.1, -0.05) is 156 Å². The summed E-state index contributed by atoms with van der Waals surface area (Å²) in [5, 5.41) is 22.4. The molecule has 0 atom stereocenters. The van der Waals surface area contributed by atoms with E-state index in [1.54, 1.807) is 24.3 Å². The zero-order chi connectivity index (χ0) is 39.0. The number of nitrogens with zero attached hydrogens (tertiary/aromatic N) is 2. The van der Waals surface area contributed by atoms with Gasteiger partial charge in [0, 0.05) is 60.8 Å².